The summed E-state index contributed by atoms with van der Waals surface area (Å²) < 4.78 is 10.2. The molecule has 0 radical (unpaired) electrons. The predicted molar refractivity (Wildman–Crippen MR) is 82.9 cm³/mol. The zero-order valence-electron chi connectivity index (χ0n) is 12.3. The van der Waals surface area contributed by atoms with E-state index in [2.05, 4.69) is 5.32 Å². The second-order valence-electron chi connectivity index (χ2n) is 4.63. The number of carbonyl (C=O) groups excluding carboxylic acids is 1. The monoisotopic (exact) mass is 285 g/mol. The number of benzene rings is 2. The molecule has 0 saturated heterocycles. The van der Waals surface area contributed by atoms with Crippen LogP contribution in [0.15, 0.2) is 48.5 Å². The number of ether oxygens (including phenoxy) is 2. The van der Waals surface area contributed by atoms with Crippen LogP contribution in [0.2, 0.25) is 0 Å². The Labute approximate surface area is 124 Å². The van der Waals surface area contributed by atoms with Gasteiger partial charge in [-0.15, -0.1) is 0 Å². The van der Waals surface area contributed by atoms with E-state index in [1.165, 1.54) is 0 Å². The summed E-state index contributed by atoms with van der Waals surface area (Å²) in [5.41, 5.74) is 1.85. The van der Waals surface area contributed by atoms with E-state index in [0.717, 1.165) is 22.7 Å². The van der Waals surface area contributed by atoms with Crippen LogP contribution in [0.4, 0.5) is 5.69 Å². The second kappa shape index (κ2) is 7.33. The highest BCUT2D eigenvalue weighted by atomic mass is 16.5. The zero-order valence-corrected chi connectivity index (χ0v) is 12.3. The maximum absolute atomic E-state index is 11.9. The Bertz CT molecular complexity index is 593. The largest absolute Gasteiger partial charge is 0.497 e. The van der Waals surface area contributed by atoms with Gasteiger partial charge in [0.1, 0.15) is 11.5 Å². The van der Waals surface area contributed by atoms with Gasteiger partial charge < -0.3 is 14.8 Å². The van der Waals surface area contributed by atoms with Gasteiger partial charge >= 0.3 is 0 Å². The van der Waals surface area contributed by atoms with Crippen molar-refractivity contribution in [3.05, 3.63) is 54.1 Å². The van der Waals surface area contributed by atoms with Crippen LogP contribution in [0, 0.1) is 0 Å². The molecule has 1 N–H and O–H groups in total. The SMILES string of the molecule is COc1ccc(NC(=O)CCc2cccc(OC)c2)cc1. The number of aryl methyl sites for hydroxylation is 1. The first kappa shape index (κ1) is 14.9. The number of carbonyl (C=O) groups is 1. The van der Waals surface area contributed by atoms with Crippen LogP contribution in [0.25, 0.3) is 0 Å². The van der Waals surface area contributed by atoms with Gasteiger partial charge in [-0.1, -0.05) is 12.1 Å². The van der Waals surface area contributed by atoms with E-state index in [-0.39, 0.29) is 5.91 Å². The molecule has 0 aliphatic rings. The molecule has 0 bridgehead atoms. The van der Waals surface area contributed by atoms with Crippen LogP contribution in [-0.4, -0.2) is 20.1 Å². The lowest BCUT2D eigenvalue weighted by Crippen LogP contribution is -2.12. The maximum Gasteiger partial charge on any atom is 0.224 e. The van der Waals surface area contributed by atoms with Crippen molar-refractivity contribution in [1.29, 1.82) is 0 Å². The van der Waals surface area contributed by atoms with Gasteiger partial charge in [0.15, 0.2) is 0 Å². The molecule has 4 nitrogen and oxygen atoms in total. The van der Waals surface area contributed by atoms with Crippen LogP contribution in [0.1, 0.15) is 12.0 Å². The molecule has 2 aromatic rings. The third-order valence-electron chi connectivity index (χ3n) is 3.15. The minimum atomic E-state index is -0.0111. The van der Waals surface area contributed by atoms with Crippen molar-refractivity contribution in [2.24, 2.45) is 0 Å². The number of rotatable bonds is 6. The van der Waals surface area contributed by atoms with Crippen molar-refractivity contribution in [3.8, 4) is 11.5 Å². The van der Waals surface area contributed by atoms with Gasteiger partial charge in [0, 0.05) is 12.1 Å². The highest BCUT2D eigenvalue weighted by Gasteiger charge is 2.04. The van der Waals surface area contributed by atoms with E-state index >= 15 is 0 Å². The molecule has 0 aliphatic carbocycles. The van der Waals surface area contributed by atoms with Gasteiger partial charge in [0.05, 0.1) is 14.2 Å². The van der Waals surface area contributed by atoms with E-state index in [0.29, 0.717) is 12.8 Å². The Hall–Kier alpha value is -2.49. The van der Waals surface area contributed by atoms with E-state index in [9.17, 15) is 4.79 Å². The Kier molecular flexibility index (Phi) is 5.21. The lowest BCUT2D eigenvalue weighted by molar-refractivity contribution is -0.116. The number of hydrogen-bond acceptors (Lipinski definition) is 3. The smallest absolute Gasteiger partial charge is 0.224 e. The third kappa shape index (κ3) is 4.53. The van der Waals surface area contributed by atoms with Crippen molar-refractivity contribution < 1.29 is 14.3 Å². The van der Waals surface area contributed by atoms with Gasteiger partial charge in [-0.2, -0.15) is 0 Å². The summed E-state index contributed by atoms with van der Waals surface area (Å²) in [5.74, 6) is 1.57. The molecule has 0 spiro atoms. The van der Waals surface area contributed by atoms with Crippen LogP contribution in [0.3, 0.4) is 0 Å². The highest BCUT2D eigenvalue weighted by Crippen LogP contribution is 2.16. The minimum Gasteiger partial charge on any atom is -0.497 e. The molecule has 21 heavy (non-hydrogen) atoms. The normalized spacial score (nSPS) is 10.0. The van der Waals surface area contributed by atoms with Gasteiger partial charge in [-0.05, 0) is 48.4 Å². The molecule has 0 aromatic heterocycles. The van der Waals surface area contributed by atoms with Crippen LogP contribution in [0.5, 0.6) is 11.5 Å². The van der Waals surface area contributed by atoms with Crippen molar-refractivity contribution >= 4 is 11.6 Å². The van der Waals surface area contributed by atoms with Gasteiger partial charge in [-0.3, -0.25) is 4.79 Å². The van der Waals surface area contributed by atoms with Crippen molar-refractivity contribution in [2.75, 3.05) is 19.5 Å². The first-order valence-electron chi connectivity index (χ1n) is 6.78. The maximum atomic E-state index is 11.9. The number of hydrogen-bond donors (Lipinski definition) is 1. The average molecular weight is 285 g/mol. The number of methoxy groups -OCH3 is 2. The Morgan fingerprint density at radius 2 is 1.71 bits per heavy atom. The molecule has 110 valence electrons. The second-order valence-corrected chi connectivity index (χ2v) is 4.63. The Balaban J connectivity index is 1.86. The van der Waals surface area contributed by atoms with Crippen molar-refractivity contribution in [3.63, 3.8) is 0 Å². The average Bonchev–Trinajstić information content (AvgIpc) is 2.54. The summed E-state index contributed by atoms with van der Waals surface area (Å²) in [6.07, 6.45) is 1.11. The zero-order chi connectivity index (χ0) is 15.1. The molecular weight excluding hydrogens is 266 g/mol. The topological polar surface area (TPSA) is 47.6 Å². The predicted octanol–water partition coefficient (Wildman–Crippen LogP) is 3.28. The fourth-order valence-electron chi connectivity index (χ4n) is 1.98. The van der Waals surface area contributed by atoms with Crippen LogP contribution < -0.4 is 14.8 Å². The lowest BCUT2D eigenvalue weighted by atomic mass is 10.1. The molecular formula is C17H19NO3. The summed E-state index contributed by atoms with van der Waals surface area (Å²) in [7, 11) is 3.25. The van der Waals surface area contributed by atoms with Crippen LogP contribution in [-0.2, 0) is 11.2 Å². The third-order valence-corrected chi connectivity index (χ3v) is 3.15. The molecule has 0 atom stereocenters. The molecule has 1 amide bonds. The molecule has 0 saturated carbocycles. The first-order valence-corrected chi connectivity index (χ1v) is 6.78. The molecule has 0 unspecified atom stereocenters. The molecule has 2 rings (SSSR count). The van der Waals surface area contributed by atoms with Gasteiger partial charge in [0.2, 0.25) is 5.91 Å². The van der Waals surface area contributed by atoms with Crippen molar-refractivity contribution in [2.45, 2.75) is 12.8 Å². The molecule has 4 heteroatoms. The van der Waals surface area contributed by atoms with E-state index < -0.39 is 0 Å². The highest BCUT2D eigenvalue weighted by molar-refractivity contribution is 5.90. The van der Waals surface area contributed by atoms with Gasteiger partial charge in [0.25, 0.3) is 0 Å². The van der Waals surface area contributed by atoms with Crippen LogP contribution >= 0.6 is 0 Å². The Morgan fingerprint density at radius 1 is 1.00 bits per heavy atom. The number of nitrogens with one attached hydrogen (secondary N) is 1. The van der Waals surface area contributed by atoms with E-state index in [4.69, 9.17) is 9.47 Å². The lowest BCUT2D eigenvalue weighted by Gasteiger charge is -2.07. The molecule has 0 aliphatic heterocycles. The van der Waals surface area contributed by atoms with Crippen molar-refractivity contribution in [1.82, 2.24) is 0 Å². The Morgan fingerprint density at radius 3 is 2.38 bits per heavy atom. The first-order chi connectivity index (χ1) is 10.2. The number of amides is 1. The van der Waals surface area contributed by atoms with E-state index in [1.54, 1.807) is 14.2 Å². The fourth-order valence-corrected chi connectivity index (χ4v) is 1.98. The molecule has 0 fully saturated rings. The summed E-state index contributed by atoms with van der Waals surface area (Å²) in [6.45, 7) is 0. The molecule has 0 heterocycles. The quantitative estimate of drug-likeness (QED) is 0.886. The standard InChI is InChI=1S/C17H19NO3/c1-20-15-9-7-14(8-10-15)18-17(19)11-6-13-4-3-5-16(12-13)21-2/h3-5,7-10,12H,6,11H2,1-2H3,(H,18,19). The summed E-state index contributed by atoms with van der Waals surface area (Å²) >= 11 is 0. The van der Waals surface area contributed by atoms with E-state index in [1.807, 2.05) is 48.5 Å². The minimum absolute atomic E-state index is 0.0111. The number of anilines is 1. The fraction of sp³-hybridized carbons (Fsp3) is 0.235. The van der Waals surface area contributed by atoms with Gasteiger partial charge in [-0.25, -0.2) is 0 Å². The molecule has 2 aromatic carbocycles. The summed E-state index contributed by atoms with van der Waals surface area (Å²) in [5, 5.41) is 2.87. The summed E-state index contributed by atoms with van der Waals surface area (Å²) in [4.78, 5) is 11.9. The summed E-state index contributed by atoms with van der Waals surface area (Å²) in [6, 6.07) is 15.0.